The molecule has 1 saturated heterocycles. The van der Waals surface area contributed by atoms with Gasteiger partial charge in [0.05, 0.1) is 14.2 Å². The minimum atomic E-state index is -0.198. The van der Waals surface area contributed by atoms with Crippen LogP contribution in [0.4, 0.5) is 0 Å². The van der Waals surface area contributed by atoms with E-state index in [0.29, 0.717) is 24.5 Å². The Balaban J connectivity index is 1.74. The molecule has 3 aromatic rings. The summed E-state index contributed by atoms with van der Waals surface area (Å²) >= 11 is 0. The predicted octanol–water partition coefficient (Wildman–Crippen LogP) is 2.61. The van der Waals surface area contributed by atoms with Crippen LogP contribution >= 0.6 is 0 Å². The molecule has 160 valence electrons. The SMILES string of the molecule is COc1ccc(-c2nnc(C(=O)N3CCN(C)CC3)nc2-c2ccc(OC)cc2)cc1. The van der Waals surface area contributed by atoms with E-state index in [1.165, 1.54) is 0 Å². The van der Waals surface area contributed by atoms with Crippen molar-refractivity contribution >= 4 is 5.91 Å². The van der Waals surface area contributed by atoms with Crippen LogP contribution in [-0.2, 0) is 0 Å². The monoisotopic (exact) mass is 419 g/mol. The number of methoxy groups -OCH3 is 2. The van der Waals surface area contributed by atoms with Gasteiger partial charge in [-0.1, -0.05) is 0 Å². The van der Waals surface area contributed by atoms with E-state index in [0.717, 1.165) is 35.7 Å². The first-order chi connectivity index (χ1) is 15.1. The van der Waals surface area contributed by atoms with Crippen LogP contribution < -0.4 is 9.47 Å². The van der Waals surface area contributed by atoms with Crippen molar-refractivity contribution in [1.29, 1.82) is 0 Å². The Kier molecular flexibility index (Phi) is 6.08. The highest BCUT2D eigenvalue weighted by atomic mass is 16.5. The van der Waals surface area contributed by atoms with E-state index in [1.807, 2.05) is 55.6 Å². The maximum atomic E-state index is 13.0. The molecule has 0 saturated carbocycles. The molecule has 4 rings (SSSR count). The summed E-state index contributed by atoms with van der Waals surface area (Å²) in [4.78, 5) is 21.7. The molecule has 2 aromatic carbocycles. The third-order valence-corrected chi connectivity index (χ3v) is 5.40. The van der Waals surface area contributed by atoms with Crippen LogP contribution in [-0.4, -0.2) is 78.3 Å². The number of ether oxygens (including phenoxy) is 2. The fourth-order valence-electron chi connectivity index (χ4n) is 3.46. The van der Waals surface area contributed by atoms with Gasteiger partial charge >= 0.3 is 0 Å². The Morgan fingerprint density at radius 3 is 1.81 bits per heavy atom. The number of carbonyl (C=O) groups is 1. The number of likely N-dealkylation sites (N-methyl/N-ethyl adjacent to an activating group) is 1. The summed E-state index contributed by atoms with van der Waals surface area (Å²) < 4.78 is 10.5. The lowest BCUT2D eigenvalue weighted by Gasteiger charge is -2.31. The topological polar surface area (TPSA) is 80.7 Å². The normalized spacial score (nSPS) is 14.4. The van der Waals surface area contributed by atoms with E-state index in [1.54, 1.807) is 19.1 Å². The molecule has 1 amide bonds. The number of aromatic nitrogens is 3. The first-order valence-electron chi connectivity index (χ1n) is 10.1. The number of nitrogens with zero attached hydrogens (tertiary/aromatic N) is 5. The predicted molar refractivity (Wildman–Crippen MR) is 117 cm³/mol. The summed E-state index contributed by atoms with van der Waals surface area (Å²) in [5, 5.41) is 8.60. The highest BCUT2D eigenvalue weighted by Crippen LogP contribution is 2.30. The smallest absolute Gasteiger partial charge is 0.293 e. The molecule has 1 aromatic heterocycles. The van der Waals surface area contributed by atoms with Crippen molar-refractivity contribution in [2.45, 2.75) is 0 Å². The molecule has 2 heterocycles. The van der Waals surface area contributed by atoms with Gasteiger partial charge in [0, 0.05) is 37.3 Å². The van der Waals surface area contributed by atoms with Crippen LogP contribution in [0.2, 0.25) is 0 Å². The first-order valence-corrected chi connectivity index (χ1v) is 10.1. The van der Waals surface area contributed by atoms with E-state index >= 15 is 0 Å². The van der Waals surface area contributed by atoms with Gasteiger partial charge in [0.15, 0.2) is 0 Å². The Labute approximate surface area is 181 Å². The minimum absolute atomic E-state index is 0.104. The molecule has 31 heavy (non-hydrogen) atoms. The third kappa shape index (κ3) is 4.49. The van der Waals surface area contributed by atoms with Crippen LogP contribution in [0.5, 0.6) is 11.5 Å². The average Bonchev–Trinajstić information content (AvgIpc) is 2.84. The molecule has 0 spiro atoms. The lowest BCUT2D eigenvalue weighted by atomic mass is 10.0. The average molecular weight is 419 g/mol. The second-order valence-electron chi connectivity index (χ2n) is 7.39. The molecule has 0 atom stereocenters. The maximum absolute atomic E-state index is 13.0. The zero-order valence-electron chi connectivity index (χ0n) is 17.9. The summed E-state index contributed by atoms with van der Waals surface area (Å²) in [5.41, 5.74) is 2.86. The number of carbonyl (C=O) groups excluding carboxylic acids is 1. The number of piperazine rings is 1. The van der Waals surface area contributed by atoms with Gasteiger partial charge < -0.3 is 19.3 Å². The molecule has 0 radical (unpaired) electrons. The third-order valence-electron chi connectivity index (χ3n) is 5.40. The van der Waals surface area contributed by atoms with Gasteiger partial charge in [0.1, 0.15) is 22.9 Å². The molecule has 1 aliphatic heterocycles. The zero-order valence-corrected chi connectivity index (χ0v) is 17.9. The van der Waals surface area contributed by atoms with Crippen LogP contribution in [0.15, 0.2) is 48.5 Å². The fourth-order valence-corrected chi connectivity index (χ4v) is 3.46. The fraction of sp³-hybridized carbons (Fsp3) is 0.304. The van der Waals surface area contributed by atoms with Crippen LogP contribution in [0.25, 0.3) is 22.5 Å². The Morgan fingerprint density at radius 1 is 0.774 bits per heavy atom. The molecular weight excluding hydrogens is 394 g/mol. The minimum Gasteiger partial charge on any atom is -0.497 e. The lowest BCUT2D eigenvalue weighted by Crippen LogP contribution is -2.47. The Morgan fingerprint density at radius 2 is 1.29 bits per heavy atom. The van der Waals surface area contributed by atoms with E-state index in [2.05, 4.69) is 20.1 Å². The first kappa shape index (κ1) is 20.7. The summed E-state index contributed by atoms with van der Waals surface area (Å²) in [6.45, 7) is 2.95. The van der Waals surface area contributed by atoms with Crippen LogP contribution in [0.1, 0.15) is 10.6 Å². The van der Waals surface area contributed by atoms with Gasteiger partial charge in [0.25, 0.3) is 5.91 Å². The van der Waals surface area contributed by atoms with Crippen molar-refractivity contribution in [3.8, 4) is 34.0 Å². The molecule has 0 unspecified atom stereocenters. The number of hydrogen-bond acceptors (Lipinski definition) is 7. The number of hydrogen-bond donors (Lipinski definition) is 0. The lowest BCUT2D eigenvalue weighted by molar-refractivity contribution is 0.0650. The Bertz CT molecular complexity index is 1050. The molecule has 1 aliphatic rings. The largest absolute Gasteiger partial charge is 0.497 e. The van der Waals surface area contributed by atoms with Crippen molar-refractivity contribution in [3.63, 3.8) is 0 Å². The summed E-state index contributed by atoms with van der Waals surface area (Å²) in [6, 6.07) is 15.0. The number of rotatable bonds is 5. The van der Waals surface area contributed by atoms with Gasteiger partial charge in [0.2, 0.25) is 5.82 Å². The van der Waals surface area contributed by atoms with Crippen molar-refractivity contribution < 1.29 is 14.3 Å². The number of amides is 1. The molecular formula is C23H25N5O3. The van der Waals surface area contributed by atoms with Gasteiger partial charge in [-0.3, -0.25) is 4.79 Å². The van der Waals surface area contributed by atoms with Gasteiger partial charge in [-0.2, -0.15) is 0 Å². The van der Waals surface area contributed by atoms with E-state index in [4.69, 9.17) is 9.47 Å². The van der Waals surface area contributed by atoms with Crippen molar-refractivity contribution in [3.05, 3.63) is 54.4 Å². The molecule has 1 fully saturated rings. The second-order valence-corrected chi connectivity index (χ2v) is 7.39. The highest BCUT2D eigenvalue weighted by molar-refractivity contribution is 5.91. The molecule has 8 nitrogen and oxygen atoms in total. The molecule has 0 N–H and O–H groups in total. The molecule has 0 aliphatic carbocycles. The van der Waals surface area contributed by atoms with Crippen molar-refractivity contribution in [2.24, 2.45) is 0 Å². The summed E-state index contributed by atoms with van der Waals surface area (Å²) in [6.07, 6.45) is 0. The van der Waals surface area contributed by atoms with Gasteiger partial charge in [-0.05, 0) is 55.6 Å². The van der Waals surface area contributed by atoms with Gasteiger partial charge in [-0.15, -0.1) is 10.2 Å². The van der Waals surface area contributed by atoms with Crippen molar-refractivity contribution in [1.82, 2.24) is 25.0 Å². The zero-order chi connectivity index (χ0) is 21.8. The second kappa shape index (κ2) is 9.09. The number of benzene rings is 2. The maximum Gasteiger partial charge on any atom is 0.293 e. The van der Waals surface area contributed by atoms with E-state index < -0.39 is 0 Å². The van der Waals surface area contributed by atoms with Gasteiger partial charge in [-0.25, -0.2) is 4.98 Å². The standard InChI is InChI=1S/C23H25N5O3/c1-27-12-14-28(15-13-27)23(29)22-24-20(16-4-8-18(30-2)9-5-16)21(25-26-22)17-6-10-19(31-3)11-7-17/h4-11H,12-15H2,1-3H3. The summed E-state index contributed by atoms with van der Waals surface area (Å²) in [7, 11) is 5.29. The quantitative estimate of drug-likeness (QED) is 0.629. The van der Waals surface area contributed by atoms with Crippen LogP contribution in [0, 0.1) is 0 Å². The van der Waals surface area contributed by atoms with E-state index in [-0.39, 0.29) is 11.7 Å². The molecule has 8 heteroatoms. The highest BCUT2D eigenvalue weighted by Gasteiger charge is 2.24. The summed E-state index contributed by atoms with van der Waals surface area (Å²) in [5.74, 6) is 1.40. The van der Waals surface area contributed by atoms with Crippen molar-refractivity contribution in [2.75, 3.05) is 47.4 Å². The van der Waals surface area contributed by atoms with Crippen LogP contribution in [0.3, 0.4) is 0 Å². The molecule has 0 bridgehead atoms. The Hall–Kier alpha value is -3.52. The van der Waals surface area contributed by atoms with E-state index in [9.17, 15) is 4.79 Å².